The molecule has 3 amide bonds. The lowest BCUT2D eigenvalue weighted by Crippen LogP contribution is -2.34. The first-order valence-corrected chi connectivity index (χ1v) is 12.4. The molecule has 1 aliphatic heterocycles. The molecule has 176 valence electrons. The van der Waals surface area contributed by atoms with Crippen LogP contribution in [0.3, 0.4) is 0 Å². The Balaban J connectivity index is 1.31. The summed E-state index contributed by atoms with van der Waals surface area (Å²) in [4.78, 5) is 41.9. The molecule has 0 spiro atoms. The highest BCUT2D eigenvalue weighted by atomic mass is 35.5. The molecule has 3 fully saturated rings. The van der Waals surface area contributed by atoms with E-state index in [1.807, 2.05) is 31.2 Å². The number of hydrogen-bond acceptors (Lipinski definition) is 3. The van der Waals surface area contributed by atoms with Crippen molar-refractivity contribution in [2.45, 2.75) is 25.7 Å². The van der Waals surface area contributed by atoms with Gasteiger partial charge in [-0.1, -0.05) is 60.1 Å². The normalized spacial score (nSPS) is 26.8. The van der Waals surface area contributed by atoms with Gasteiger partial charge >= 0.3 is 0 Å². The average molecular weight is 485 g/mol. The van der Waals surface area contributed by atoms with Crippen molar-refractivity contribution in [3.8, 4) is 0 Å². The number of para-hydroxylation sites is 1. The highest BCUT2D eigenvalue weighted by Crippen LogP contribution is 2.62. The van der Waals surface area contributed by atoms with Gasteiger partial charge in [-0.3, -0.25) is 14.4 Å². The minimum absolute atomic E-state index is 0.156. The Morgan fingerprint density at radius 3 is 2.43 bits per heavy atom. The predicted molar refractivity (Wildman–Crippen MR) is 135 cm³/mol. The van der Waals surface area contributed by atoms with Gasteiger partial charge in [0, 0.05) is 10.7 Å². The molecule has 2 bridgehead atoms. The fraction of sp³-hybridized carbons (Fsp3) is 0.276. The Kier molecular flexibility index (Phi) is 5.26. The summed E-state index contributed by atoms with van der Waals surface area (Å²) in [6.45, 7) is 1.88. The van der Waals surface area contributed by atoms with E-state index < -0.39 is 0 Å². The molecule has 1 N–H and O–H groups in total. The Hall–Kier alpha value is -3.44. The lowest BCUT2D eigenvalue weighted by atomic mass is 9.73. The van der Waals surface area contributed by atoms with Gasteiger partial charge in [-0.05, 0) is 72.9 Å². The third-order valence-electron chi connectivity index (χ3n) is 8.08. The van der Waals surface area contributed by atoms with Gasteiger partial charge in [-0.25, -0.2) is 4.90 Å². The third kappa shape index (κ3) is 3.49. The van der Waals surface area contributed by atoms with E-state index in [4.69, 9.17) is 11.6 Å². The summed E-state index contributed by atoms with van der Waals surface area (Å²) in [6, 6.07) is 22.4. The number of halogens is 1. The number of amides is 3. The van der Waals surface area contributed by atoms with E-state index in [0.29, 0.717) is 27.9 Å². The molecular weight excluding hydrogens is 460 g/mol. The van der Waals surface area contributed by atoms with E-state index in [2.05, 4.69) is 17.4 Å². The highest BCUT2D eigenvalue weighted by molar-refractivity contribution is 6.31. The molecule has 2 saturated carbocycles. The quantitative estimate of drug-likeness (QED) is 0.474. The molecule has 35 heavy (non-hydrogen) atoms. The van der Waals surface area contributed by atoms with Crippen LogP contribution in [0.1, 0.15) is 40.2 Å². The molecule has 0 radical (unpaired) electrons. The lowest BCUT2D eigenvalue weighted by molar-refractivity contribution is -0.123. The van der Waals surface area contributed by atoms with Crippen LogP contribution in [0.5, 0.6) is 0 Å². The zero-order valence-electron chi connectivity index (χ0n) is 19.3. The van der Waals surface area contributed by atoms with Gasteiger partial charge in [0.05, 0.1) is 23.1 Å². The van der Waals surface area contributed by atoms with Crippen LogP contribution in [0, 0.1) is 30.6 Å². The molecule has 2 aliphatic carbocycles. The second-order valence-corrected chi connectivity index (χ2v) is 10.3. The van der Waals surface area contributed by atoms with E-state index in [1.54, 1.807) is 36.4 Å². The summed E-state index contributed by atoms with van der Waals surface area (Å²) in [5.74, 6) is -0.685. The summed E-state index contributed by atoms with van der Waals surface area (Å²) in [5, 5.41) is 3.41. The minimum atomic E-state index is -0.381. The molecule has 5 nitrogen and oxygen atoms in total. The Labute approximate surface area is 209 Å². The van der Waals surface area contributed by atoms with Crippen LogP contribution in [-0.2, 0) is 9.59 Å². The zero-order chi connectivity index (χ0) is 24.3. The Morgan fingerprint density at radius 2 is 1.63 bits per heavy atom. The summed E-state index contributed by atoms with van der Waals surface area (Å²) in [6.07, 6.45) is 1.84. The number of fused-ring (bicyclic) bond motifs is 5. The Bertz CT molecular complexity index is 1360. The van der Waals surface area contributed by atoms with Crippen molar-refractivity contribution in [3.05, 3.63) is 94.5 Å². The molecule has 6 heteroatoms. The van der Waals surface area contributed by atoms with Crippen LogP contribution in [0.2, 0.25) is 5.02 Å². The molecule has 6 rings (SSSR count). The second-order valence-electron chi connectivity index (χ2n) is 9.91. The first-order chi connectivity index (χ1) is 16.9. The molecular formula is C29H25ClN2O3. The lowest BCUT2D eigenvalue weighted by Gasteiger charge is -2.28. The third-order valence-corrected chi connectivity index (χ3v) is 8.32. The van der Waals surface area contributed by atoms with Crippen molar-refractivity contribution in [1.29, 1.82) is 0 Å². The van der Waals surface area contributed by atoms with Gasteiger partial charge in [0.25, 0.3) is 5.91 Å². The first-order valence-electron chi connectivity index (χ1n) is 12.0. The maximum atomic E-state index is 13.8. The summed E-state index contributed by atoms with van der Waals surface area (Å²) in [5.41, 5.74) is 3.35. The van der Waals surface area contributed by atoms with Crippen molar-refractivity contribution >= 4 is 40.7 Å². The molecule has 3 aromatic rings. The van der Waals surface area contributed by atoms with E-state index in [9.17, 15) is 14.4 Å². The van der Waals surface area contributed by atoms with Crippen LogP contribution < -0.4 is 10.2 Å². The minimum Gasteiger partial charge on any atom is -0.322 e. The summed E-state index contributed by atoms with van der Waals surface area (Å²) >= 11 is 6.11. The summed E-state index contributed by atoms with van der Waals surface area (Å²) in [7, 11) is 0. The predicted octanol–water partition coefficient (Wildman–Crippen LogP) is 5.83. The maximum Gasteiger partial charge on any atom is 0.257 e. The van der Waals surface area contributed by atoms with Gasteiger partial charge < -0.3 is 5.32 Å². The second kappa shape index (κ2) is 8.35. The van der Waals surface area contributed by atoms with Crippen LogP contribution >= 0.6 is 11.6 Å². The van der Waals surface area contributed by atoms with Crippen molar-refractivity contribution in [1.82, 2.24) is 0 Å². The largest absolute Gasteiger partial charge is 0.322 e. The zero-order valence-corrected chi connectivity index (χ0v) is 20.0. The van der Waals surface area contributed by atoms with Gasteiger partial charge in [-0.2, -0.15) is 0 Å². The van der Waals surface area contributed by atoms with E-state index in [1.165, 1.54) is 10.5 Å². The fourth-order valence-electron chi connectivity index (χ4n) is 6.56. The van der Waals surface area contributed by atoms with Gasteiger partial charge in [0.2, 0.25) is 11.8 Å². The monoisotopic (exact) mass is 484 g/mol. The van der Waals surface area contributed by atoms with Crippen LogP contribution in [0.15, 0.2) is 72.8 Å². The number of hydrogen-bond donors (Lipinski definition) is 1. The maximum absolute atomic E-state index is 13.8. The van der Waals surface area contributed by atoms with Crippen LogP contribution in [-0.4, -0.2) is 17.7 Å². The number of carbonyl (C=O) groups excluding carboxylic acids is 3. The topological polar surface area (TPSA) is 66.5 Å². The van der Waals surface area contributed by atoms with Crippen molar-refractivity contribution < 1.29 is 14.4 Å². The number of imide groups is 1. The molecule has 0 unspecified atom stereocenters. The molecule has 0 aromatic heterocycles. The summed E-state index contributed by atoms with van der Waals surface area (Å²) < 4.78 is 0. The van der Waals surface area contributed by atoms with Gasteiger partial charge in [0.15, 0.2) is 0 Å². The fourth-order valence-corrected chi connectivity index (χ4v) is 6.73. The number of nitrogens with zero attached hydrogens (tertiary/aromatic N) is 1. The Morgan fingerprint density at radius 1 is 0.914 bits per heavy atom. The molecule has 3 aromatic carbocycles. The van der Waals surface area contributed by atoms with Crippen LogP contribution in [0.4, 0.5) is 11.4 Å². The number of aryl methyl sites for hydroxylation is 1. The van der Waals surface area contributed by atoms with E-state index >= 15 is 0 Å². The average Bonchev–Trinajstić information content (AvgIpc) is 3.53. The van der Waals surface area contributed by atoms with E-state index in [0.717, 1.165) is 18.4 Å². The molecule has 5 atom stereocenters. The van der Waals surface area contributed by atoms with Gasteiger partial charge in [0.1, 0.15) is 0 Å². The standard InChI is InChI=1S/C29H25ClN2O3/c1-16-11-12-19(30)15-23(16)31-27(33)20-9-5-6-10-24(20)32-28(34)25-18-13-21(17-7-3-2-4-8-17)22(14-18)26(25)29(32)35/h2-12,15,18,21-22,25-26H,13-14H2,1H3,(H,31,33)/t18-,21-,22+,25+,26+/m0/s1. The number of rotatable bonds is 4. The van der Waals surface area contributed by atoms with Crippen molar-refractivity contribution in [3.63, 3.8) is 0 Å². The highest BCUT2D eigenvalue weighted by Gasteiger charge is 2.64. The van der Waals surface area contributed by atoms with Crippen LogP contribution in [0.25, 0.3) is 0 Å². The molecule has 1 saturated heterocycles. The number of carbonyl (C=O) groups is 3. The SMILES string of the molecule is Cc1ccc(Cl)cc1NC(=O)c1ccccc1N1C(=O)[C@@H]2[C@@H]3C[C@@H]([C@H]2C1=O)[C@H](c1ccccc1)C3. The van der Waals surface area contributed by atoms with Crippen molar-refractivity contribution in [2.24, 2.45) is 23.7 Å². The number of benzene rings is 3. The number of anilines is 2. The number of nitrogens with one attached hydrogen (secondary N) is 1. The van der Waals surface area contributed by atoms with E-state index in [-0.39, 0.29) is 41.4 Å². The van der Waals surface area contributed by atoms with Crippen molar-refractivity contribution in [2.75, 3.05) is 10.2 Å². The molecule has 3 aliphatic rings. The van der Waals surface area contributed by atoms with Gasteiger partial charge in [-0.15, -0.1) is 0 Å². The first kappa shape index (κ1) is 22.1. The smallest absolute Gasteiger partial charge is 0.257 e. The molecule has 1 heterocycles.